The van der Waals surface area contributed by atoms with E-state index in [1.165, 1.54) is 0 Å². The van der Waals surface area contributed by atoms with Crippen LogP contribution in [0.3, 0.4) is 0 Å². The molecule has 114 valence electrons. The van der Waals surface area contributed by atoms with E-state index in [-0.39, 0.29) is 6.04 Å². The van der Waals surface area contributed by atoms with Crippen LogP contribution in [0.2, 0.25) is 10.0 Å². The molecule has 0 aliphatic rings. The largest absolute Gasteiger partial charge is 0.383 e. The molecule has 0 amide bonds. The molecule has 0 aromatic carbocycles. The molecule has 0 saturated heterocycles. The van der Waals surface area contributed by atoms with Crippen molar-refractivity contribution in [1.29, 1.82) is 0 Å². The van der Waals surface area contributed by atoms with E-state index >= 15 is 0 Å². The Balaban J connectivity index is 3.06. The topological polar surface area (TPSA) is 37.4 Å². The number of methoxy groups -OCH3 is 1. The van der Waals surface area contributed by atoms with E-state index in [9.17, 15) is 0 Å². The van der Waals surface area contributed by atoms with Crippen molar-refractivity contribution in [3.05, 3.63) is 16.1 Å². The maximum Gasteiger partial charge on any atom is 0.150 e. The van der Waals surface area contributed by atoms with Crippen LogP contribution < -0.4 is 10.2 Å². The molecule has 0 atom stereocenters. The lowest BCUT2D eigenvalue weighted by molar-refractivity contribution is 0.203. The molecule has 20 heavy (non-hydrogen) atoms. The number of aromatic nitrogens is 1. The molecule has 0 bridgehead atoms. The van der Waals surface area contributed by atoms with Crippen LogP contribution >= 0.6 is 23.2 Å². The van der Waals surface area contributed by atoms with Gasteiger partial charge in [0.1, 0.15) is 11.6 Å². The zero-order chi connectivity index (χ0) is 15.1. The van der Waals surface area contributed by atoms with Gasteiger partial charge < -0.3 is 15.0 Å². The van der Waals surface area contributed by atoms with E-state index in [4.69, 9.17) is 27.9 Å². The third-order valence-corrected chi connectivity index (χ3v) is 3.45. The number of hydrogen-bond donors (Lipinski definition) is 1. The second kappa shape index (κ2) is 8.55. The highest BCUT2D eigenvalue weighted by molar-refractivity contribution is 6.37. The molecule has 0 unspecified atom stereocenters. The fourth-order valence-electron chi connectivity index (χ4n) is 1.82. The van der Waals surface area contributed by atoms with E-state index in [1.807, 2.05) is 0 Å². The van der Waals surface area contributed by atoms with E-state index in [0.29, 0.717) is 22.5 Å². The predicted octanol–water partition coefficient (Wildman–Crippen LogP) is 4.07. The Labute approximate surface area is 131 Å². The summed E-state index contributed by atoms with van der Waals surface area (Å²) in [6.07, 6.45) is 1.01. The van der Waals surface area contributed by atoms with Gasteiger partial charge in [-0.2, -0.15) is 0 Å². The Morgan fingerprint density at radius 2 is 2.05 bits per heavy atom. The summed E-state index contributed by atoms with van der Waals surface area (Å²) in [7, 11) is 1.68. The van der Waals surface area contributed by atoms with Gasteiger partial charge in [-0.1, -0.05) is 30.1 Å². The van der Waals surface area contributed by atoms with E-state index < -0.39 is 0 Å². The zero-order valence-electron chi connectivity index (χ0n) is 12.5. The highest BCUT2D eigenvalue weighted by Crippen LogP contribution is 2.32. The van der Waals surface area contributed by atoms with Crippen LogP contribution in [0.4, 0.5) is 11.6 Å². The van der Waals surface area contributed by atoms with E-state index in [2.05, 4.69) is 36.0 Å². The second-order valence-electron chi connectivity index (χ2n) is 4.83. The van der Waals surface area contributed by atoms with Crippen molar-refractivity contribution in [2.75, 3.05) is 37.0 Å². The molecule has 0 fully saturated rings. The molecule has 0 saturated carbocycles. The Bertz CT molecular complexity index is 427. The number of pyridine rings is 1. The van der Waals surface area contributed by atoms with Crippen molar-refractivity contribution < 1.29 is 4.74 Å². The van der Waals surface area contributed by atoms with E-state index in [0.717, 1.165) is 25.3 Å². The predicted molar refractivity (Wildman–Crippen MR) is 87.4 cm³/mol. The standard InChI is InChI=1S/C14H23Cl2N3O/c1-5-6-17-13-11(15)9-12(16)14(18-13)19(10(2)3)7-8-20-4/h9-10H,5-8H2,1-4H3,(H,17,18). The fourth-order valence-corrected chi connectivity index (χ4v) is 2.36. The highest BCUT2D eigenvalue weighted by atomic mass is 35.5. The first-order chi connectivity index (χ1) is 9.51. The zero-order valence-corrected chi connectivity index (χ0v) is 14.1. The highest BCUT2D eigenvalue weighted by Gasteiger charge is 2.17. The summed E-state index contributed by atoms with van der Waals surface area (Å²) in [5.41, 5.74) is 0. The van der Waals surface area contributed by atoms with Gasteiger partial charge in [0.15, 0.2) is 0 Å². The molecule has 1 heterocycles. The average Bonchev–Trinajstić information content (AvgIpc) is 2.39. The molecule has 4 nitrogen and oxygen atoms in total. The van der Waals surface area contributed by atoms with Crippen molar-refractivity contribution in [2.24, 2.45) is 0 Å². The number of halogens is 2. The summed E-state index contributed by atoms with van der Waals surface area (Å²) >= 11 is 12.5. The number of ether oxygens (including phenoxy) is 1. The lowest BCUT2D eigenvalue weighted by Gasteiger charge is -2.29. The minimum absolute atomic E-state index is 0.273. The van der Waals surface area contributed by atoms with Crippen molar-refractivity contribution in [3.8, 4) is 0 Å². The number of anilines is 2. The van der Waals surface area contributed by atoms with Crippen LogP contribution in [0.15, 0.2) is 6.07 Å². The van der Waals surface area contributed by atoms with Gasteiger partial charge in [-0.25, -0.2) is 4.98 Å². The smallest absolute Gasteiger partial charge is 0.150 e. The van der Waals surface area contributed by atoms with Crippen LogP contribution in [0, 0.1) is 0 Å². The number of nitrogens with zero attached hydrogens (tertiary/aromatic N) is 2. The monoisotopic (exact) mass is 319 g/mol. The minimum atomic E-state index is 0.273. The van der Waals surface area contributed by atoms with Gasteiger partial charge in [0, 0.05) is 26.2 Å². The quantitative estimate of drug-likeness (QED) is 0.783. The maximum atomic E-state index is 6.30. The summed E-state index contributed by atoms with van der Waals surface area (Å²) in [5, 5.41) is 4.32. The summed E-state index contributed by atoms with van der Waals surface area (Å²) in [4.78, 5) is 6.69. The molecule has 0 aliphatic heterocycles. The van der Waals surface area contributed by atoms with Gasteiger partial charge in [0.2, 0.25) is 0 Å². The Kier molecular flexibility index (Phi) is 7.41. The Morgan fingerprint density at radius 3 is 2.60 bits per heavy atom. The first-order valence-electron chi connectivity index (χ1n) is 6.86. The molecule has 1 aromatic rings. The van der Waals surface area contributed by atoms with Crippen LogP contribution in [-0.4, -0.2) is 37.8 Å². The van der Waals surface area contributed by atoms with Crippen molar-refractivity contribution in [1.82, 2.24) is 4.98 Å². The van der Waals surface area contributed by atoms with Crippen LogP contribution in [0.5, 0.6) is 0 Å². The van der Waals surface area contributed by atoms with Gasteiger partial charge in [-0.05, 0) is 26.3 Å². The van der Waals surface area contributed by atoms with Crippen molar-refractivity contribution >= 4 is 34.8 Å². The van der Waals surface area contributed by atoms with Gasteiger partial charge in [0.25, 0.3) is 0 Å². The fraction of sp³-hybridized carbons (Fsp3) is 0.643. The number of hydrogen-bond acceptors (Lipinski definition) is 4. The molecule has 1 aromatic heterocycles. The first-order valence-corrected chi connectivity index (χ1v) is 7.62. The molecule has 0 spiro atoms. The molecule has 6 heteroatoms. The summed E-state index contributed by atoms with van der Waals surface area (Å²) < 4.78 is 5.15. The maximum absolute atomic E-state index is 6.30. The molecular weight excluding hydrogens is 297 g/mol. The van der Waals surface area contributed by atoms with Gasteiger partial charge in [-0.3, -0.25) is 0 Å². The van der Waals surface area contributed by atoms with E-state index in [1.54, 1.807) is 13.2 Å². The van der Waals surface area contributed by atoms with Gasteiger partial charge in [0.05, 0.1) is 16.7 Å². The third kappa shape index (κ3) is 4.69. The third-order valence-electron chi connectivity index (χ3n) is 2.89. The van der Waals surface area contributed by atoms with Gasteiger partial charge in [-0.15, -0.1) is 0 Å². The summed E-state index contributed by atoms with van der Waals surface area (Å²) in [5.74, 6) is 1.41. The normalized spacial score (nSPS) is 10.9. The summed E-state index contributed by atoms with van der Waals surface area (Å²) in [6.45, 7) is 8.47. The number of nitrogens with one attached hydrogen (secondary N) is 1. The lowest BCUT2D eigenvalue weighted by atomic mass is 10.3. The lowest BCUT2D eigenvalue weighted by Crippen LogP contribution is -2.34. The SMILES string of the molecule is CCCNc1nc(N(CCOC)C(C)C)c(Cl)cc1Cl. The van der Waals surface area contributed by atoms with Gasteiger partial charge >= 0.3 is 0 Å². The first kappa shape index (κ1) is 17.3. The second-order valence-corrected chi connectivity index (χ2v) is 5.65. The molecule has 1 rings (SSSR count). The van der Waals surface area contributed by atoms with Crippen LogP contribution in [-0.2, 0) is 4.74 Å². The Hall–Kier alpha value is -0.710. The van der Waals surface area contributed by atoms with Crippen LogP contribution in [0.25, 0.3) is 0 Å². The van der Waals surface area contributed by atoms with Crippen molar-refractivity contribution in [2.45, 2.75) is 33.2 Å². The Morgan fingerprint density at radius 1 is 1.35 bits per heavy atom. The average molecular weight is 320 g/mol. The molecule has 0 radical (unpaired) electrons. The summed E-state index contributed by atoms with van der Waals surface area (Å²) in [6, 6.07) is 2.02. The molecular formula is C14H23Cl2N3O. The number of rotatable bonds is 8. The molecule has 0 aliphatic carbocycles. The molecule has 1 N–H and O–H groups in total. The van der Waals surface area contributed by atoms with Crippen molar-refractivity contribution in [3.63, 3.8) is 0 Å². The minimum Gasteiger partial charge on any atom is -0.383 e. The van der Waals surface area contributed by atoms with Crippen LogP contribution in [0.1, 0.15) is 27.2 Å².